The molecule has 0 atom stereocenters. The molecule has 1 aliphatic rings. The number of carbonyl (C=O) groups excluding carboxylic acids is 1. The van der Waals surface area contributed by atoms with Gasteiger partial charge in [-0.3, -0.25) is 9.69 Å². The van der Waals surface area contributed by atoms with Crippen LogP contribution in [0.1, 0.15) is 33.6 Å². The van der Waals surface area contributed by atoms with Gasteiger partial charge in [-0.1, -0.05) is 6.92 Å². The topological polar surface area (TPSA) is 84.9 Å². The van der Waals surface area contributed by atoms with Gasteiger partial charge in [-0.15, -0.1) is 0 Å². The van der Waals surface area contributed by atoms with Crippen molar-refractivity contribution in [1.82, 2.24) is 20.4 Å². The number of likely N-dealkylation sites (N-methyl/N-ethyl adjacent to an activating group) is 2. The lowest BCUT2D eigenvalue weighted by molar-refractivity contribution is -0.139. The number of rotatable bonds is 8. The van der Waals surface area contributed by atoms with Crippen LogP contribution in [0, 0.1) is 0 Å². The summed E-state index contributed by atoms with van der Waals surface area (Å²) < 4.78 is 0. The zero-order chi connectivity index (χ0) is 16.9. The lowest BCUT2D eigenvalue weighted by atomic mass is 9.85. The van der Waals surface area contributed by atoms with Crippen LogP contribution in [0.2, 0.25) is 0 Å². The van der Waals surface area contributed by atoms with Gasteiger partial charge in [0.05, 0.1) is 6.54 Å². The van der Waals surface area contributed by atoms with Crippen LogP contribution in [0.4, 0.5) is 4.79 Å². The molecular weight excluding hydrogens is 284 g/mol. The van der Waals surface area contributed by atoms with E-state index in [0.29, 0.717) is 6.54 Å². The van der Waals surface area contributed by atoms with E-state index in [-0.39, 0.29) is 30.2 Å². The predicted molar refractivity (Wildman–Crippen MR) is 86.0 cm³/mol. The first kappa shape index (κ1) is 18.7. The molecule has 7 nitrogen and oxygen atoms in total. The molecule has 2 amide bonds. The number of carboxylic acids is 1. The van der Waals surface area contributed by atoms with Gasteiger partial charge in [0, 0.05) is 24.2 Å². The van der Waals surface area contributed by atoms with E-state index < -0.39 is 5.97 Å². The number of nitrogens with zero attached hydrogens (tertiary/aromatic N) is 2. The molecule has 7 heteroatoms. The first-order valence-electron chi connectivity index (χ1n) is 7.82. The van der Waals surface area contributed by atoms with Crippen molar-refractivity contribution in [2.24, 2.45) is 0 Å². The Morgan fingerprint density at radius 2 is 1.86 bits per heavy atom. The van der Waals surface area contributed by atoms with Crippen LogP contribution in [-0.2, 0) is 4.79 Å². The number of amides is 2. The molecule has 0 radical (unpaired) electrons. The van der Waals surface area contributed by atoms with Gasteiger partial charge in [-0.25, -0.2) is 4.79 Å². The van der Waals surface area contributed by atoms with Gasteiger partial charge in [0.2, 0.25) is 0 Å². The normalized spacial score (nSPS) is 21.6. The monoisotopic (exact) mass is 314 g/mol. The fourth-order valence-corrected chi connectivity index (χ4v) is 3.04. The van der Waals surface area contributed by atoms with E-state index in [1.807, 2.05) is 44.7 Å². The number of carbonyl (C=O) groups is 2. The summed E-state index contributed by atoms with van der Waals surface area (Å²) in [5, 5.41) is 14.8. The minimum atomic E-state index is -0.804. The molecule has 0 unspecified atom stereocenters. The Labute approximate surface area is 133 Å². The largest absolute Gasteiger partial charge is 0.480 e. The summed E-state index contributed by atoms with van der Waals surface area (Å²) in [7, 11) is 3.94. The van der Waals surface area contributed by atoms with Crippen molar-refractivity contribution in [3.05, 3.63) is 0 Å². The SMILES string of the molecule is CCN(CC(=O)O)C1CC(NC(=O)NC(C)(C)CN(C)C)C1. The van der Waals surface area contributed by atoms with Crippen LogP contribution in [0.3, 0.4) is 0 Å². The molecule has 1 rings (SSSR count). The van der Waals surface area contributed by atoms with Crippen molar-refractivity contribution in [3.8, 4) is 0 Å². The lowest BCUT2D eigenvalue weighted by Crippen LogP contribution is -2.59. The Hall–Kier alpha value is -1.34. The minimum Gasteiger partial charge on any atom is -0.480 e. The standard InChI is InChI=1S/C15H30N4O3/c1-6-19(9-13(20)21)12-7-11(8-12)16-14(22)17-15(2,3)10-18(4)5/h11-12H,6-10H2,1-5H3,(H,20,21)(H2,16,17,22). The van der Waals surface area contributed by atoms with E-state index in [2.05, 4.69) is 10.6 Å². The van der Waals surface area contributed by atoms with Crippen LogP contribution in [-0.4, -0.2) is 78.3 Å². The quantitative estimate of drug-likeness (QED) is 0.610. The van der Waals surface area contributed by atoms with Crippen LogP contribution >= 0.6 is 0 Å². The van der Waals surface area contributed by atoms with E-state index in [0.717, 1.165) is 19.4 Å². The smallest absolute Gasteiger partial charge is 0.317 e. The summed E-state index contributed by atoms with van der Waals surface area (Å²) in [6.45, 7) is 7.47. The van der Waals surface area contributed by atoms with E-state index in [4.69, 9.17) is 5.11 Å². The number of hydrogen-bond donors (Lipinski definition) is 3. The predicted octanol–water partition coefficient (Wildman–Crippen LogP) is 0.563. The summed E-state index contributed by atoms with van der Waals surface area (Å²) in [5.41, 5.74) is -0.296. The number of aliphatic carboxylic acids is 1. The minimum absolute atomic E-state index is 0.0654. The average molecular weight is 314 g/mol. The van der Waals surface area contributed by atoms with Gasteiger partial charge in [0.15, 0.2) is 0 Å². The molecule has 22 heavy (non-hydrogen) atoms. The molecule has 1 fully saturated rings. The molecule has 128 valence electrons. The van der Waals surface area contributed by atoms with Crippen molar-refractivity contribution in [2.45, 2.75) is 51.2 Å². The highest BCUT2D eigenvalue weighted by atomic mass is 16.4. The first-order valence-corrected chi connectivity index (χ1v) is 7.82. The molecule has 0 saturated heterocycles. The molecule has 0 aromatic heterocycles. The second-order valence-electron chi connectivity index (χ2n) is 7.00. The highest BCUT2D eigenvalue weighted by Crippen LogP contribution is 2.25. The Bertz CT molecular complexity index is 392. The summed E-state index contributed by atoms with van der Waals surface area (Å²) in [6.07, 6.45) is 1.62. The Kier molecular flexibility index (Phi) is 6.62. The highest BCUT2D eigenvalue weighted by Gasteiger charge is 2.35. The van der Waals surface area contributed by atoms with E-state index >= 15 is 0 Å². The summed E-state index contributed by atoms with van der Waals surface area (Å²) in [5.74, 6) is -0.804. The Balaban J connectivity index is 2.33. The van der Waals surface area contributed by atoms with Crippen LogP contribution in [0.5, 0.6) is 0 Å². The lowest BCUT2D eigenvalue weighted by Gasteiger charge is -2.42. The molecule has 0 aromatic carbocycles. The highest BCUT2D eigenvalue weighted by molar-refractivity contribution is 5.75. The van der Waals surface area contributed by atoms with Crippen molar-refractivity contribution in [1.29, 1.82) is 0 Å². The summed E-state index contributed by atoms with van der Waals surface area (Å²) >= 11 is 0. The van der Waals surface area contributed by atoms with Crippen LogP contribution in [0.15, 0.2) is 0 Å². The van der Waals surface area contributed by atoms with Crippen LogP contribution < -0.4 is 10.6 Å². The Morgan fingerprint density at radius 1 is 1.27 bits per heavy atom. The second-order valence-corrected chi connectivity index (χ2v) is 7.00. The molecule has 0 spiro atoms. The maximum atomic E-state index is 12.0. The van der Waals surface area contributed by atoms with E-state index in [1.165, 1.54) is 0 Å². The molecule has 3 N–H and O–H groups in total. The third-order valence-corrected chi connectivity index (χ3v) is 3.87. The third-order valence-electron chi connectivity index (χ3n) is 3.87. The van der Waals surface area contributed by atoms with Crippen molar-refractivity contribution >= 4 is 12.0 Å². The summed E-state index contributed by atoms with van der Waals surface area (Å²) in [4.78, 5) is 26.8. The van der Waals surface area contributed by atoms with Gasteiger partial charge < -0.3 is 20.6 Å². The molecule has 1 aliphatic carbocycles. The Morgan fingerprint density at radius 3 is 2.32 bits per heavy atom. The number of nitrogens with one attached hydrogen (secondary N) is 2. The number of carboxylic acid groups (broad SMARTS) is 1. The number of urea groups is 1. The molecule has 0 heterocycles. The molecule has 1 saturated carbocycles. The summed E-state index contributed by atoms with van der Waals surface area (Å²) in [6, 6.07) is 0.223. The molecule has 0 aromatic rings. The second kappa shape index (κ2) is 7.78. The van der Waals surface area contributed by atoms with E-state index in [9.17, 15) is 9.59 Å². The molecule has 0 aliphatic heterocycles. The maximum absolute atomic E-state index is 12.0. The fourth-order valence-electron chi connectivity index (χ4n) is 3.04. The fraction of sp³-hybridized carbons (Fsp3) is 0.867. The van der Waals surface area contributed by atoms with Gasteiger partial charge in [-0.05, 0) is 47.3 Å². The zero-order valence-electron chi connectivity index (χ0n) is 14.3. The number of hydrogen-bond acceptors (Lipinski definition) is 4. The van der Waals surface area contributed by atoms with E-state index in [1.54, 1.807) is 0 Å². The van der Waals surface area contributed by atoms with Crippen molar-refractivity contribution in [3.63, 3.8) is 0 Å². The van der Waals surface area contributed by atoms with Gasteiger partial charge >= 0.3 is 12.0 Å². The third kappa shape index (κ3) is 6.19. The van der Waals surface area contributed by atoms with Crippen LogP contribution in [0.25, 0.3) is 0 Å². The molecular formula is C15H30N4O3. The maximum Gasteiger partial charge on any atom is 0.317 e. The average Bonchev–Trinajstić information content (AvgIpc) is 2.27. The molecule has 0 bridgehead atoms. The van der Waals surface area contributed by atoms with Gasteiger partial charge in [0.1, 0.15) is 0 Å². The zero-order valence-corrected chi connectivity index (χ0v) is 14.3. The van der Waals surface area contributed by atoms with Gasteiger partial charge in [0.25, 0.3) is 0 Å². The van der Waals surface area contributed by atoms with Gasteiger partial charge in [-0.2, -0.15) is 0 Å². The van der Waals surface area contributed by atoms with Crippen molar-refractivity contribution < 1.29 is 14.7 Å². The van der Waals surface area contributed by atoms with Crippen molar-refractivity contribution in [2.75, 3.05) is 33.7 Å². The first-order chi connectivity index (χ1) is 10.1.